The molecule has 0 bridgehead atoms. The molecule has 2 rings (SSSR count). The first-order chi connectivity index (χ1) is 7.25. The summed E-state index contributed by atoms with van der Waals surface area (Å²) in [4.78, 5) is 15.7. The SMILES string of the molecule is O=C(NC1CCN(I)CC1)c1cscn1. The molecule has 0 atom stereocenters. The van der Waals surface area contributed by atoms with E-state index in [-0.39, 0.29) is 5.91 Å². The number of amides is 1. The molecule has 1 aliphatic rings. The van der Waals surface area contributed by atoms with Crippen LogP contribution in [0.2, 0.25) is 0 Å². The Bertz CT molecular complexity index is 322. The second kappa shape index (κ2) is 5.22. The molecule has 6 heteroatoms. The lowest BCUT2D eigenvalue weighted by Gasteiger charge is -2.27. The van der Waals surface area contributed by atoms with Crippen LogP contribution in [0.15, 0.2) is 10.9 Å². The molecule has 1 aromatic rings. The fourth-order valence-corrected chi connectivity index (χ4v) is 2.67. The van der Waals surface area contributed by atoms with E-state index < -0.39 is 0 Å². The van der Waals surface area contributed by atoms with Gasteiger partial charge in [0.05, 0.1) is 5.51 Å². The van der Waals surface area contributed by atoms with Crippen LogP contribution >= 0.6 is 34.2 Å². The van der Waals surface area contributed by atoms with Gasteiger partial charge in [-0.25, -0.2) is 8.10 Å². The number of hydrogen-bond donors (Lipinski definition) is 1. The third-order valence-electron chi connectivity index (χ3n) is 2.44. The quantitative estimate of drug-likeness (QED) is 0.660. The van der Waals surface area contributed by atoms with E-state index >= 15 is 0 Å². The summed E-state index contributed by atoms with van der Waals surface area (Å²) in [5.74, 6) is -0.0387. The highest BCUT2D eigenvalue weighted by atomic mass is 127. The molecular weight excluding hydrogens is 325 g/mol. The number of carbonyl (C=O) groups is 1. The zero-order chi connectivity index (χ0) is 10.7. The number of hydrogen-bond acceptors (Lipinski definition) is 4. The molecule has 2 heterocycles. The third-order valence-corrected chi connectivity index (χ3v) is 3.99. The van der Waals surface area contributed by atoms with E-state index in [2.05, 4.69) is 36.3 Å². The Morgan fingerprint density at radius 3 is 2.93 bits per heavy atom. The van der Waals surface area contributed by atoms with Crippen molar-refractivity contribution in [3.63, 3.8) is 0 Å². The molecule has 0 saturated carbocycles. The van der Waals surface area contributed by atoms with Crippen LogP contribution in [0, 0.1) is 0 Å². The second-order valence-electron chi connectivity index (χ2n) is 3.53. The molecule has 82 valence electrons. The number of rotatable bonds is 2. The van der Waals surface area contributed by atoms with Gasteiger partial charge in [0.15, 0.2) is 0 Å². The molecule has 1 aliphatic heterocycles. The van der Waals surface area contributed by atoms with Crippen LogP contribution in [-0.2, 0) is 0 Å². The molecule has 1 fully saturated rings. The highest BCUT2D eigenvalue weighted by Gasteiger charge is 2.20. The van der Waals surface area contributed by atoms with Gasteiger partial charge in [-0.05, 0) is 12.8 Å². The standard InChI is InChI=1S/C9H12IN3OS/c10-13-3-1-7(2-4-13)12-9(14)8-5-15-6-11-8/h5-7H,1-4H2,(H,12,14). The van der Waals surface area contributed by atoms with Crippen molar-refractivity contribution in [1.29, 1.82) is 0 Å². The van der Waals surface area contributed by atoms with Crippen LogP contribution in [0.1, 0.15) is 23.3 Å². The first kappa shape index (κ1) is 11.3. The number of thiazole rings is 1. The fourth-order valence-electron chi connectivity index (χ4n) is 1.58. The van der Waals surface area contributed by atoms with Gasteiger partial charge in [-0.15, -0.1) is 11.3 Å². The highest BCUT2D eigenvalue weighted by molar-refractivity contribution is 14.1. The van der Waals surface area contributed by atoms with Crippen LogP contribution in [0.3, 0.4) is 0 Å². The maximum Gasteiger partial charge on any atom is 0.270 e. The summed E-state index contributed by atoms with van der Waals surface area (Å²) in [6.45, 7) is 2.09. The molecule has 1 amide bonds. The lowest BCUT2D eigenvalue weighted by molar-refractivity contribution is 0.0921. The largest absolute Gasteiger partial charge is 0.348 e. The molecule has 0 radical (unpaired) electrons. The van der Waals surface area contributed by atoms with E-state index in [0.29, 0.717) is 11.7 Å². The Labute approximate surface area is 107 Å². The Hall–Kier alpha value is -0.210. The third kappa shape index (κ3) is 3.12. The van der Waals surface area contributed by atoms with Crippen molar-refractivity contribution >= 4 is 40.1 Å². The monoisotopic (exact) mass is 337 g/mol. The van der Waals surface area contributed by atoms with Gasteiger partial charge in [-0.3, -0.25) is 4.79 Å². The smallest absolute Gasteiger partial charge is 0.270 e. The maximum atomic E-state index is 11.7. The average molecular weight is 337 g/mol. The van der Waals surface area contributed by atoms with Crippen molar-refractivity contribution in [2.24, 2.45) is 0 Å². The molecule has 0 unspecified atom stereocenters. The van der Waals surface area contributed by atoms with Crippen molar-refractivity contribution in [2.45, 2.75) is 18.9 Å². The molecule has 0 spiro atoms. The summed E-state index contributed by atoms with van der Waals surface area (Å²) >= 11 is 3.77. The predicted octanol–water partition coefficient (Wildman–Crippen LogP) is 1.69. The molecular formula is C9H12IN3OS. The molecule has 0 aromatic carbocycles. The van der Waals surface area contributed by atoms with Crippen LogP contribution in [-0.4, -0.2) is 33.1 Å². The fraction of sp³-hybridized carbons (Fsp3) is 0.556. The maximum absolute atomic E-state index is 11.7. The first-order valence-electron chi connectivity index (χ1n) is 4.85. The van der Waals surface area contributed by atoms with Crippen molar-refractivity contribution in [1.82, 2.24) is 13.4 Å². The summed E-state index contributed by atoms with van der Waals surface area (Å²) in [5, 5.41) is 4.80. The summed E-state index contributed by atoms with van der Waals surface area (Å²) < 4.78 is 2.25. The van der Waals surface area contributed by atoms with Gasteiger partial charge in [0.2, 0.25) is 0 Å². The summed E-state index contributed by atoms with van der Waals surface area (Å²) in [6.07, 6.45) is 2.05. The zero-order valence-electron chi connectivity index (χ0n) is 8.15. The van der Waals surface area contributed by atoms with Gasteiger partial charge >= 0.3 is 0 Å². The molecule has 0 aliphatic carbocycles. The normalized spacial score (nSPS) is 19.0. The van der Waals surface area contributed by atoms with E-state index in [1.807, 2.05) is 0 Å². The van der Waals surface area contributed by atoms with E-state index in [0.717, 1.165) is 25.9 Å². The minimum atomic E-state index is -0.0387. The van der Waals surface area contributed by atoms with Gasteiger partial charge < -0.3 is 5.32 Å². The highest BCUT2D eigenvalue weighted by Crippen LogP contribution is 2.14. The second-order valence-corrected chi connectivity index (χ2v) is 5.61. The van der Waals surface area contributed by atoms with Crippen molar-refractivity contribution < 1.29 is 4.79 Å². The van der Waals surface area contributed by atoms with Crippen LogP contribution < -0.4 is 5.32 Å². The van der Waals surface area contributed by atoms with E-state index in [4.69, 9.17) is 0 Å². The van der Waals surface area contributed by atoms with E-state index in [1.54, 1.807) is 10.9 Å². The summed E-state index contributed by atoms with van der Waals surface area (Å²) in [5.41, 5.74) is 2.22. The Kier molecular flexibility index (Phi) is 3.92. The topological polar surface area (TPSA) is 45.2 Å². The molecule has 1 saturated heterocycles. The first-order valence-corrected chi connectivity index (χ1v) is 6.76. The lowest BCUT2D eigenvalue weighted by Crippen LogP contribution is -2.41. The van der Waals surface area contributed by atoms with Gasteiger partial charge in [0.25, 0.3) is 5.91 Å². The number of halogens is 1. The number of carbonyl (C=O) groups excluding carboxylic acids is 1. The number of nitrogens with zero attached hydrogens (tertiary/aromatic N) is 2. The number of nitrogens with one attached hydrogen (secondary N) is 1. The van der Waals surface area contributed by atoms with Crippen molar-refractivity contribution in [2.75, 3.05) is 13.1 Å². The van der Waals surface area contributed by atoms with Crippen LogP contribution in [0.5, 0.6) is 0 Å². The average Bonchev–Trinajstić information content (AvgIpc) is 2.74. The van der Waals surface area contributed by atoms with Crippen molar-refractivity contribution in [3.05, 3.63) is 16.6 Å². The number of aromatic nitrogens is 1. The Morgan fingerprint density at radius 2 is 2.33 bits per heavy atom. The minimum absolute atomic E-state index is 0.0387. The van der Waals surface area contributed by atoms with Crippen LogP contribution in [0.4, 0.5) is 0 Å². The van der Waals surface area contributed by atoms with Gasteiger partial charge in [0, 0.05) is 47.4 Å². The lowest BCUT2D eigenvalue weighted by atomic mass is 10.1. The van der Waals surface area contributed by atoms with E-state index in [1.165, 1.54) is 11.3 Å². The predicted molar refractivity (Wildman–Crippen MR) is 68.2 cm³/mol. The zero-order valence-corrected chi connectivity index (χ0v) is 11.1. The summed E-state index contributed by atoms with van der Waals surface area (Å²) in [6, 6.07) is 0.310. The van der Waals surface area contributed by atoms with Crippen LogP contribution in [0.25, 0.3) is 0 Å². The minimum Gasteiger partial charge on any atom is -0.348 e. The van der Waals surface area contributed by atoms with E-state index in [9.17, 15) is 4.79 Å². The Balaban J connectivity index is 1.85. The Morgan fingerprint density at radius 1 is 1.60 bits per heavy atom. The number of piperidine rings is 1. The molecule has 1 aromatic heterocycles. The van der Waals surface area contributed by atoms with Gasteiger partial charge in [-0.2, -0.15) is 0 Å². The molecule has 4 nitrogen and oxygen atoms in total. The van der Waals surface area contributed by atoms with Gasteiger partial charge in [0.1, 0.15) is 5.69 Å². The molecule has 15 heavy (non-hydrogen) atoms. The molecule has 1 N–H and O–H groups in total. The summed E-state index contributed by atoms with van der Waals surface area (Å²) in [7, 11) is 0. The van der Waals surface area contributed by atoms with Gasteiger partial charge in [-0.1, -0.05) is 0 Å². The van der Waals surface area contributed by atoms with Crippen molar-refractivity contribution in [3.8, 4) is 0 Å².